The van der Waals surface area contributed by atoms with E-state index in [1.54, 1.807) is 72.0 Å². The number of hydrogen-bond donors (Lipinski definition) is 4. The molecule has 0 saturated carbocycles. The minimum atomic E-state index is -0.486. The number of benzene rings is 5. The van der Waals surface area contributed by atoms with Gasteiger partial charge < -0.3 is 69.3 Å². The van der Waals surface area contributed by atoms with Crippen molar-refractivity contribution in [1.29, 1.82) is 0 Å². The van der Waals surface area contributed by atoms with Gasteiger partial charge in [-0.1, -0.05) is 23.8 Å². The van der Waals surface area contributed by atoms with Gasteiger partial charge in [0.25, 0.3) is 27.8 Å². The molecule has 137 heavy (non-hydrogen) atoms. The molecule has 5 aliphatic rings. The summed E-state index contributed by atoms with van der Waals surface area (Å²) in [5.41, 5.74) is 15.1. The zero-order valence-electron chi connectivity index (χ0n) is 77.9. The first-order valence-corrected chi connectivity index (χ1v) is 45.7. The van der Waals surface area contributed by atoms with Crippen LogP contribution in [0.15, 0.2) is 249 Å². The lowest BCUT2D eigenvalue weighted by atomic mass is 10.0. The third-order valence-corrected chi connectivity index (χ3v) is 25.1. The van der Waals surface area contributed by atoms with E-state index in [1.807, 2.05) is 128 Å². The van der Waals surface area contributed by atoms with Crippen molar-refractivity contribution >= 4 is 68.0 Å². The van der Waals surface area contributed by atoms with Gasteiger partial charge in [0.2, 0.25) is 0 Å². The van der Waals surface area contributed by atoms with Crippen LogP contribution in [0.25, 0.3) is 95.7 Å². The Morgan fingerprint density at radius 2 is 0.825 bits per heavy atom. The molecule has 0 bridgehead atoms. The maximum absolute atomic E-state index is 14.0. The Bertz CT molecular complexity index is 7340. The van der Waals surface area contributed by atoms with E-state index >= 15 is 0 Å². The van der Waals surface area contributed by atoms with Crippen LogP contribution in [0.3, 0.4) is 0 Å². The molecular formula is C104H108ClF3N18O11. The number of nitrogens with zero attached hydrogens (tertiary/aromatic N) is 14. The number of nitrogens with one attached hydrogen (secondary N) is 4. The largest absolute Gasteiger partial charge is 0.494 e. The van der Waals surface area contributed by atoms with Gasteiger partial charge in [0.1, 0.15) is 34.1 Å². The van der Waals surface area contributed by atoms with E-state index in [2.05, 4.69) is 106 Å². The SMILES string of the molecule is COc1ccc(-c2cc(=O)n3cc(C4=CCN(C)CC4)ccc3n2)cc1OC.COc1ccc(-c2cc(=O)n3cc(C4=CCNCC4)ccc3n2)cc1F.COc1ccc(-c2cc(=O)n3cc(N4CCC(N(C)C)CC4)ccc3n2)cc1F.COc1ccc(-c2cc(=O)n3cc(NC4CCNCC4)ccc3n2)cc1OC.C[C@H]1CN(c2ccc3nc(-c4cc(F)cc(Cl)c4)cc(=O)n3c2)CCN1. The summed E-state index contributed by atoms with van der Waals surface area (Å²) in [4.78, 5) is 95.4. The van der Waals surface area contributed by atoms with Crippen molar-refractivity contribution in [3.05, 3.63) is 310 Å². The Balaban J connectivity index is 0.000000124. The fourth-order valence-electron chi connectivity index (χ4n) is 17.3. The standard InChI is InChI=1S/C22H25FN4O2.C22H23N3O3.C21H24N4O3.C20H18FN3O2.C19H18ClFN4O/c1-25(2)16-8-10-26(11-9-16)17-5-7-21-24-19(13-22(28)27(21)14-17)15-4-6-20(29-3)18(23)12-15;1-24-10-8-15(9-11-24)17-5-7-21-23-18(13-22(26)25(21)14-17)16-4-6-19(27-2)20(12-16)28-3;1-27-18-5-3-14(11-19(18)28-2)17-12-21(26)25-13-16(4-6-20(25)24-17)23-15-7-9-22-10-8-15;1-26-18-4-2-14(10-16(18)21)17-11-20(25)24-12-15(3-5-19(24)23-17)13-6-8-22-9-7-13;1-12-10-24(5-4-22-12)16-2-3-18-23-17(9-19(26)25(18)11-16)13-6-14(20)8-15(21)7-13/h4-7,12-14,16H,8-11H2,1-3H3;4-8,12-14H,9-11H2,1-3H3;3-6,11-13,15,22-23H,7-10H2,1-2H3;2-6,10-12,22H,7-9H2,1H3;2-3,6-9,11-12,22H,4-5,10H2,1H3/t;;;;12-/m....0/s1. The van der Waals surface area contributed by atoms with Crippen molar-refractivity contribution in [2.24, 2.45) is 0 Å². The Kier molecular flexibility index (Phi) is 30.3. The Hall–Kier alpha value is -14.5. The summed E-state index contributed by atoms with van der Waals surface area (Å²) < 4.78 is 80.6. The van der Waals surface area contributed by atoms with E-state index in [-0.39, 0.29) is 44.3 Å². The van der Waals surface area contributed by atoms with Crippen LogP contribution < -0.4 is 87.3 Å². The van der Waals surface area contributed by atoms with Gasteiger partial charge in [-0.2, -0.15) is 0 Å². The second kappa shape index (κ2) is 43.4. The molecule has 20 rings (SSSR count). The topological polar surface area (TPSA) is 288 Å². The maximum Gasteiger partial charge on any atom is 0.258 e. The lowest BCUT2D eigenvalue weighted by Gasteiger charge is -2.36. The molecule has 15 heterocycles. The predicted molar refractivity (Wildman–Crippen MR) is 532 cm³/mol. The summed E-state index contributed by atoms with van der Waals surface area (Å²) in [6.45, 7) is 12.5. The van der Waals surface area contributed by atoms with Gasteiger partial charge >= 0.3 is 0 Å². The van der Waals surface area contributed by atoms with Crippen LogP contribution in [0.4, 0.5) is 30.2 Å². The molecule has 5 aliphatic heterocycles. The monoisotopic (exact) mass is 1880 g/mol. The fraction of sp³-hybridized carbons (Fsp3) is 0.288. The number of piperazine rings is 1. The molecule has 4 N–H and O–H groups in total. The number of pyridine rings is 5. The van der Waals surface area contributed by atoms with E-state index < -0.39 is 17.5 Å². The summed E-state index contributed by atoms with van der Waals surface area (Å²) >= 11 is 5.91. The van der Waals surface area contributed by atoms with Crippen molar-refractivity contribution in [2.75, 3.05) is 151 Å². The molecule has 0 amide bonds. The Morgan fingerprint density at radius 1 is 0.401 bits per heavy atom. The highest BCUT2D eigenvalue weighted by molar-refractivity contribution is 6.30. The highest BCUT2D eigenvalue weighted by Crippen LogP contribution is 2.36. The molecule has 0 radical (unpaired) electrons. The molecular weight excluding hydrogens is 1770 g/mol. The number of ether oxygens (including phenoxy) is 6. The number of methoxy groups -OCH3 is 6. The number of aromatic nitrogens is 10. The number of halogens is 4. The van der Waals surface area contributed by atoms with Gasteiger partial charge in [-0.25, -0.2) is 38.1 Å². The number of likely N-dealkylation sites (N-methyl/N-ethyl adjacent to an activating group) is 1. The first-order chi connectivity index (χ1) is 66.4. The molecule has 5 aromatic carbocycles. The normalized spacial score (nSPS) is 15.3. The molecule has 0 unspecified atom stereocenters. The van der Waals surface area contributed by atoms with Crippen molar-refractivity contribution < 1.29 is 41.6 Å². The van der Waals surface area contributed by atoms with Crippen LogP contribution in [0, 0.1) is 17.5 Å². The van der Waals surface area contributed by atoms with Crippen LogP contribution in [0.1, 0.15) is 56.6 Å². The summed E-state index contributed by atoms with van der Waals surface area (Å²) in [6, 6.07) is 52.3. The Morgan fingerprint density at radius 3 is 1.26 bits per heavy atom. The molecule has 33 heteroatoms. The van der Waals surface area contributed by atoms with E-state index in [0.29, 0.717) is 115 Å². The fourth-order valence-corrected chi connectivity index (χ4v) is 17.6. The second-order valence-electron chi connectivity index (χ2n) is 34.1. The van der Waals surface area contributed by atoms with Gasteiger partial charge in [-0.15, -0.1) is 0 Å². The first-order valence-electron chi connectivity index (χ1n) is 45.3. The van der Waals surface area contributed by atoms with Crippen molar-refractivity contribution in [3.8, 4) is 90.8 Å². The lowest BCUT2D eigenvalue weighted by Crippen LogP contribution is -2.49. The molecule has 10 aromatic heterocycles. The summed E-state index contributed by atoms with van der Waals surface area (Å²) in [5.74, 6) is 1.37. The van der Waals surface area contributed by atoms with Crippen LogP contribution in [-0.2, 0) is 0 Å². The predicted octanol–water partition coefficient (Wildman–Crippen LogP) is 14.5. The van der Waals surface area contributed by atoms with Crippen molar-refractivity contribution in [2.45, 2.75) is 63.6 Å². The number of fused-ring (bicyclic) bond motifs is 5. The van der Waals surface area contributed by atoms with Gasteiger partial charge in [0, 0.05) is 165 Å². The second-order valence-corrected chi connectivity index (χ2v) is 34.6. The summed E-state index contributed by atoms with van der Waals surface area (Å²) in [5, 5.41) is 13.8. The van der Waals surface area contributed by atoms with Crippen molar-refractivity contribution in [3.63, 3.8) is 0 Å². The van der Waals surface area contributed by atoms with E-state index in [1.165, 1.54) is 88.8 Å². The molecule has 3 saturated heterocycles. The highest BCUT2D eigenvalue weighted by atomic mass is 35.5. The Labute approximate surface area is 793 Å². The number of piperidine rings is 2. The minimum Gasteiger partial charge on any atom is -0.494 e. The summed E-state index contributed by atoms with van der Waals surface area (Å²) in [7, 11) is 15.5. The third-order valence-electron chi connectivity index (χ3n) is 24.9. The molecule has 15 aromatic rings. The van der Waals surface area contributed by atoms with Gasteiger partial charge in [0.15, 0.2) is 46.1 Å². The quantitative estimate of drug-likeness (QED) is 0.0621. The van der Waals surface area contributed by atoms with Crippen LogP contribution >= 0.6 is 11.6 Å². The van der Waals surface area contributed by atoms with Crippen LogP contribution in [-0.4, -0.2) is 211 Å². The smallest absolute Gasteiger partial charge is 0.258 e. The molecule has 3 fully saturated rings. The average Bonchev–Trinajstić information content (AvgIpc) is 0.800. The van der Waals surface area contributed by atoms with Crippen LogP contribution in [0.5, 0.6) is 34.5 Å². The van der Waals surface area contributed by atoms with Crippen molar-refractivity contribution in [1.82, 2.24) is 72.7 Å². The molecule has 1 atom stereocenters. The van der Waals surface area contributed by atoms with Crippen LogP contribution in [0.2, 0.25) is 5.02 Å². The molecule has 0 aliphatic carbocycles. The van der Waals surface area contributed by atoms with E-state index in [4.69, 9.17) is 40.0 Å². The summed E-state index contributed by atoms with van der Waals surface area (Å²) in [6.07, 6.45) is 19.8. The minimum absolute atomic E-state index is 0.106. The van der Waals surface area contributed by atoms with Gasteiger partial charge in [-0.3, -0.25) is 46.0 Å². The first kappa shape index (κ1) is 95.6. The zero-order valence-corrected chi connectivity index (χ0v) is 78.6. The third kappa shape index (κ3) is 22.7. The maximum atomic E-state index is 14.0. The number of hydrogen-bond acceptors (Lipinski definition) is 24. The van der Waals surface area contributed by atoms with E-state index in [9.17, 15) is 37.1 Å². The zero-order chi connectivity index (χ0) is 96.1. The van der Waals surface area contributed by atoms with Gasteiger partial charge in [-0.05, 0) is 260 Å². The number of anilines is 3. The molecule has 0 spiro atoms. The lowest BCUT2D eigenvalue weighted by molar-refractivity contribution is 0.249. The molecule has 29 nitrogen and oxygen atoms in total. The molecule has 708 valence electrons. The number of rotatable bonds is 18. The highest BCUT2D eigenvalue weighted by Gasteiger charge is 2.25. The van der Waals surface area contributed by atoms with Gasteiger partial charge in [0.05, 0.1) is 88.2 Å². The average molecular weight is 1880 g/mol. The van der Waals surface area contributed by atoms with E-state index in [0.717, 1.165) is 150 Å².